The summed E-state index contributed by atoms with van der Waals surface area (Å²) in [6.07, 6.45) is 1.49. The van der Waals surface area contributed by atoms with Crippen molar-refractivity contribution in [2.24, 2.45) is 4.99 Å². The van der Waals surface area contributed by atoms with Gasteiger partial charge in [0.1, 0.15) is 0 Å². The molecule has 3 N–H and O–H groups in total. The summed E-state index contributed by atoms with van der Waals surface area (Å²) in [4.78, 5) is 4.18. The minimum Gasteiger partial charge on any atom is -0.490 e. The number of aliphatic imine (C=N–C) groups is 1. The van der Waals surface area contributed by atoms with Crippen LogP contribution in [0.3, 0.4) is 0 Å². The van der Waals surface area contributed by atoms with E-state index in [1.165, 1.54) is 0 Å². The predicted molar refractivity (Wildman–Crippen MR) is 114 cm³/mol. The first-order valence-corrected chi connectivity index (χ1v) is 11.4. The Kier molecular flexibility index (Phi) is 11.4. The molecule has 1 aromatic carbocycles. The summed E-state index contributed by atoms with van der Waals surface area (Å²) in [5.74, 6) is 2.31. The number of nitrogens with one attached hydrogen (secondary N) is 3. The lowest BCUT2D eigenvalue weighted by Crippen LogP contribution is -2.39. The van der Waals surface area contributed by atoms with E-state index >= 15 is 0 Å². The first-order chi connectivity index (χ1) is 13.5. The van der Waals surface area contributed by atoms with Crippen molar-refractivity contribution < 1.29 is 17.9 Å². The molecule has 8 nitrogen and oxygen atoms in total. The van der Waals surface area contributed by atoms with E-state index in [1.807, 2.05) is 32.0 Å². The van der Waals surface area contributed by atoms with Crippen LogP contribution in [0.4, 0.5) is 0 Å². The van der Waals surface area contributed by atoms with Gasteiger partial charge in [0.25, 0.3) is 0 Å². The lowest BCUT2D eigenvalue weighted by atomic mass is 10.1. The van der Waals surface area contributed by atoms with E-state index in [4.69, 9.17) is 9.47 Å². The van der Waals surface area contributed by atoms with Crippen molar-refractivity contribution in [3.8, 4) is 11.5 Å². The van der Waals surface area contributed by atoms with Crippen LogP contribution in [-0.4, -0.2) is 60.0 Å². The van der Waals surface area contributed by atoms with Crippen LogP contribution in [0.25, 0.3) is 0 Å². The second-order valence-corrected chi connectivity index (χ2v) is 8.07. The van der Waals surface area contributed by atoms with Gasteiger partial charge in [0.15, 0.2) is 17.5 Å². The molecule has 28 heavy (non-hydrogen) atoms. The molecule has 0 spiro atoms. The van der Waals surface area contributed by atoms with Crippen molar-refractivity contribution in [3.63, 3.8) is 0 Å². The van der Waals surface area contributed by atoms with Gasteiger partial charge >= 0.3 is 0 Å². The van der Waals surface area contributed by atoms with Crippen LogP contribution in [0, 0.1) is 0 Å². The molecule has 160 valence electrons. The van der Waals surface area contributed by atoms with E-state index in [1.54, 1.807) is 14.0 Å². The van der Waals surface area contributed by atoms with Crippen molar-refractivity contribution in [3.05, 3.63) is 23.8 Å². The van der Waals surface area contributed by atoms with Crippen LogP contribution in [0.5, 0.6) is 11.5 Å². The number of hydrogen-bond donors (Lipinski definition) is 3. The molecule has 0 fully saturated rings. The SMILES string of the molecule is CCOc1ccc(CCNC(=NC)NCCCNS(=O)(=O)CC)cc1OCC. The van der Waals surface area contributed by atoms with Crippen LogP contribution >= 0.6 is 0 Å². The van der Waals surface area contributed by atoms with Gasteiger partial charge in [-0.15, -0.1) is 0 Å². The number of benzene rings is 1. The van der Waals surface area contributed by atoms with Gasteiger partial charge in [-0.25, -0.2) is 13.1 Å². The number of nitrogens with zero attached hydrogens (tertiary/aromatic N) is 1. The van der Waals surface area contributed by atoms with Gasteiger partial charge < -0.3 is 20.1 Å². The maximum Gasteiger partial charge on any atom is 0.211 e. The molecule has 0 saturated carbocycles. The van der Waals surface area contributed by atoms with Crippen LogP contribution in [-0.2, 0) is 16.4 Å². The molecule has 9 heteroatoms. The molecule has 0 heterocycles. The quantitative estimate of drug-likeness (QED) is 0.257. The van der Waals surface area contributed by atoms with E-state index in [-0.39, 0.29) is 5.75 Å². The molecule has 1 rings (SSSR count). The van der Waals surface area contributed by atoms with Crippen molar-refractivity contribution in [2.45, 2.75) is 33.6 Å². The fourth-order valence-corrected chi connectivity index (χ4v) is 3.08. The largest absolute Gasteiger partial charge is 0.490 e. The Morgan fingerprint density at radius 1 is 1.00 bits per heavy atom. The molecule has 0 bridgehead atoms. The highest BCUT2D eigenvalue weighted by atomic mass is 32.2. The average molecular weight is 415 g/mol. The number of ether oxygens (including phenoxy) is 2. The summed E-state index contributed by atoms with van der Waals surface area (Å²) in [7, 11) is -1.42. The van der Waals surface area contributed by atoms with Gasteiger partial charge in [0.2, 0.25) is 10.0 Å². The fraction of sp³-hybridized carbons (Fsp3) is 0.632. The number of sulfonamides is 1. The Labute approximate surface area is 169 Å². The number of rotatable bonds is 13. The second-order valence-electron chi connectivity index (χ2n) is 5.97. The normalized spacial score (nSPS) is 11.9. The highest BCUT2D eigenvalue weighted by Gasteiger charge is 2.07. The smallest absolute Gasteiger partial charge is 0.211 e. The maximum absolute atomic E-state index is 11.4. The van der Waals surface area contributed by atoms with Crippen molar-refractivity contribution >= 4 is 16.0 Å². The van der Waals surface area contributed by atoms with Crippen LogP contribution in [0.2, 0.25) is 0 Å². The first-order valence-electron chi connectivity index (χ1n) is 9.76. The summed E-state index contributed by atoms with van der Waals surface area (Å²) in [5.41, 5.74) is 1.14. The molecule has 0 radical (unpaired) electrons. The predicted octanol–water partition coefficient (Wildman–Crippen LogP) is 1.52. The molecular weight excluding hydrogens is 380 g/mol. The topological polar surface area (TPSA) is 101 Å². The summed E-state index contributed by atoms with van der Waals surface area (Å²) >= 11 is 0. The minimum atomic E-state index is -3.13. The summed E-state index contributed by atoms with van der Waals surface area (Å²) in [6.45, 7) is 8.46. The van der Waals surface area contributed by atoms with Gasteiger partial charge in [-0.2, -0.15) is 0 Å². The Bertz CT molecular complexity index is 708. The van der Waals surface area contributed by atoms with Crippen LogP contribution < -0.4 is 24.8 Å². The fourth-order valence-electron chi connectivity index (χ4n) is 2.42. The van der Waals surface area contributed by atoms with Crippen molar-refractivity contribution in [1.29, 1.82) is 0 Å². The zero-order valence-corrected chi connectivity index (χ0v) is 18.2. The Hall–Kier alpha value is -2.00. The zero-order valence-electron chi connectivity index (χ0n) is 17.4. The van der Waals surface area contributed by atoms with Gasteiger partial charge in [0, 0.05) is 26.7 Å². The molecule has 0 aliphatic rings. The first kappa shape index (κ1) is 24.0. The monoisotopic (exact) mass is 414 g/mol. The highest BCUT2D eigenvalue weighted by molar-refractivity contribution is 7.89. The van der Waals surface area contributed by atoms with Crippen LogP contribution in [0.15, 0.2) is 23.2 Å². The third kappa shape index (κ3) is 9.27. The molecule has 0 aliphatic heterocycles. The average Bonchev–Trinajstić information content (AvgIpc) is 2.68. The van der Waals surface area contributed by atoms with Gasteiger partial charge in [0.05, 0.1) is 19.0 Å². The van der Waals surface area contributed by atoms with E-state index in [0.29, 0.717) is 45.2 Å². The molecule has 1 aromatic rings. The van der Waals surface area contributed by atoms with Crippen molar-refractivity contribution in [2.75, 3.05) is 45.6 Å². The standard InChI is InChI=1S/C19H34N4O4S/c1-5-26-17-10-9-16(15-18(17)27-6-2)11-14-22-19(20-4)21-12-8-13-23-28(24,25)7-3/h9-10,15,23H,5-8,11-14H2,1-4H3,(H2,20,21,22). The third-order valence-corrected chi connectivity index (χ3v) is 5.29. The Balaban J connectivity index is 2.39. The molecule has 0 aromatic heterocycles. The van der Waals surface area contributed by atoms with Gasteiger partial charge in [-0.3, -0.25) is 4.99 Å². The molecule has 0 atom stereocenters. The minimum absolute atomic E-state index is 0.0974. The summed E-state index contributed by atoms with van der Waals surface area (Å²) in [5, 5.41) is 6.43. The third-order valence-electron chi connectivity index (χ3n) is 3.89. The van der Waals surface area contributed by atoms with E-state index in [9.17, 15) is 8.42 Å². The molecule has 0 unspecified atom stereocenters. The molecule has 0 amide bonds. The Morgan fingerprint density at radius 2 is 1.68 bits per heavy atom. The zero-order chi connectivity index (χ0) is 20.8. The summed E-state index contributed by atoms with van der Waals surface area (Å²) in [6, 6.07) is 5.98. The van der Waals surface area contributed by atoms with E-state index < -0.39 is 10.0 Å². The van der Waals surface area contributed by atoms with Crippen molar-refractivity contribution in [1.82, 2.24) is 15.4 Å². The van der Waals surface area contributed by atoms with E-state index in [2.05, 4.69) is 20.3 Å². The maximum atomic E-state index is 11.4. The lowest BCUT2D eigenvalue weighted by molar-refractivity contribution is 0.287. The highest BCUT2D eigenvalue weighted by Crippen LogP contribution is 2.28. The van der Waals surface area contributed by atoms with Gasteiger partial charge in [-0.05, 0) is 51.3 Å². The lowest BCUT2D eigenvalue weighted by Gasteiger charge is -2.14. The van der Waals surface area contributed by atoms with Gasteiger partial charge in [-0.1, -0.05) is 6.07 Å². The number of hydrogen-bond acceptors (Lipinski definition) is 5. The molecule has 0 aliphatic carbocycles. The molecular formula is C19H34N4O4S. The summed E-state index contributed by atoms with van der Waals surface area (Å²) < 4.78 is 36.5. The second kappa shape index (κ2) is 13.2. The van der Waals surface area contributed by atoms with E-state index in [0.717, 1.165) is 23.5 Å². The molecule has 0 saturated heterocycles. The van der Waals surface area contributed by atoms with Crippen LogP contribution in [0.1, 0.15) is 32.8 Å². The number of guanidine groups is 1. The Morgan fingerprint density at radius 3 is 2.32 bits per heavy atom.